The van der Waals surface area contributed by atoms with Gasteiger partial charge in [0.2, 0.25) is 0 Å². The fraction of sp³-hybridized carbons (Fsp3) is 0.0500. The van der Waals surface area contributed by atoms with Gasteiger partial charge in [-0.05, 0) is 54.2 Å². The topological polar surface area (TPSA) is 75.3 Å². The van der Waals surface area contributed by atoms with E-state index in [9.17, 15) is 4.79 Å². The zero-order valence-electron chi connectivity index (χ0n) is 14.4. The van der Waals surface area contributed by atoms with E-state index in [0.717, 1.165) is 11.3 Å². The number of hydrogen-bond donors (Lipinski definition) is 3. The molecule has 1 heterocycles. The van der Waals surface area contributed by atoms with E-state index in [1.54, 1.807) is 30.6 Å². The molecule has 0 aliphatic carbocycles. The molecule has 0 unspecified atom stereocenters. The molecular weight excluding hydrogens is 360 g/mol. The van der Waals surface area contributed by atoms with Gasteiger partial charge in [-0.3, -0.25) is 20.6 Å². The molecule has 7 heteroatoms. The van der Waals surface area contributed by atoms with Crippen LogP contribution in [-0.2, 0) is 6.61 Å². The molecular formula is C20H18N4O2S. The molecule has 0 saturated heterocycles. The third-order valence-electron chi connectivity index (χ3n) is 3.60. The lowest BCUT2D eigenvalue weighted by Crippen LogP contribution is -2.43. The van der Waals surface area contributed by atoms with Gasteiger partial charge in [0, 0.05) is 18.1 Å². The Bertz CT molecular complexity index is 904. The standard InChI is InChI=1S/C20H18N4O2S/c25-19(23-24-20(27)22-16-6-2-1-3-7-16)17-8-4-5-9-18(17)26-14-15-10-12-21-13-11-15/h1-13H,14H2,(H,23,25)(H2,22,24,27). The van der Waals surface area contributed by atoms with Crippen molar-refractivity contribution < 1.29 is 9.53 Å². The first-order valence-electron chi connectivity index (χ1n) is 8.25. The van der Waals surface area contributed by atoms with Crippen molar-refractivity contribution in [3.63, 3.8) is 0 Å². The first kappa shape index (κ1) is 18.3. The molecule has 0 atom stereocenters. The number of ether oxygens (including phenoxy) is 1. The number of carbonyl (C=O) groups is 1. The number of hydrazine groups is 1. The Morgan fingerprint density at radius 3 is 2.41 bits per heavy atom. The van der Waals surface area contributed by atoms with Gasteiger partial charge >= 0.3 is 0 Å². The van der Waals surface area contributed by atoms with Crippen LogP contribution >= 0.6 is 12.2 Å². The number of hydrogen-bond acceptors (Lipinski definition) is 4. The minimum absolute atomic E-state index is 0.282. The normalized spacial score (nSPS) is 9.93. The van der Waals surface area contributed by atoms with E-state index < -0.39 is 0 Å². The summed E-state index contributed by atoms with van der Waals surface area (Å²) in [5.41, 5.74) is 7.46. The Labute approximate surface area is 162 Å². The highest BCUT2D eigenvalue weighted by atomic mass is 32.1. The van der Waals surface area contributed by atoms with Gasteiger partial charge < -0.3 is 10.1 Å². The van der Waals surface area contributed by atoms with Gasteiger partial charge in [0.1, 0.15) is 12.4 Å². The molecule has 3 rings (SSSR count). The van der Waals surface area contributed by atoms with Crippen molar-refractivity contribution in [1.82, 2.24) is 15.8 Å². The lowest BCUT2D eigenvalue weighted by molar-refractivity contribution is 0.0939. The number of nitrogens with zero attached hydrogens (tertiary/aromatic N) is 1. The lowest BCUT2D eigenvalue weighted by Gasteiger charge is -2.14. The Morgan fingerprint density at radius 1 is 0.926 bits per heavy atom. The summed E-state index contributed by atoms with van der Waals surface area (Å²) >= 11 is 5.18. The number of benzene rings is 2. The smallest absolute Gasteiger partial charge is 0.273 e. The van der Waals surface area contributed by atoms with Gasteiger partial charge in [0.15, 0.2) is 5.11 Å². The second-order valence-electron chi connectivity index (χ2n) is 5.54. The van der Waals surface area contributed by atoms with Gasteiger partial charge in [0.05, 0.1) is 5.56 Å². The molecule has 3 aromatic rings. The quantitative estimate of drug-likeness (QED) is 0.467. The maximum atomic E-state index is 12.5. The van der Waals surface area contributed by atoms with Crippen molar-refractivity contribution in [2.24, 2.45) is 0 Å². The van der Waals surface area contributed by atoms with Gasteiger partial charge in [-0.25, -0.2) is 0 Å². The largest absolute Gasteiger partial charge is 0.488 e. The molecule has 0 saturated carbocycles. The molecule has 0 spiro atoms. The number of carbonyl (C=O) groups excluding carboxylic acids is 1. The lowest BCUT2D eigenvalue weighted by atomic mass is 10.2. The number of para-hydroxylation sites is 2. The number of rotatable bonds is 5. The van der Waals surface area contributed by atoms with E-state index in [1.165, 1.54) is 0 Å². The number of nitrogens with one attached hydrogen (secondary N) is 3. The van der Waals surface area contributed by atoms with Crippen LogP contribution in [0, 0.1) is 0 Å². The third kappa shape index (κ3) is 5.52. The second kappa shape index (κ2) is 9.30. The molecule has 136 valence electrons. The molecule has 1 amide bonds. The van der Waals surface area contributed by atoms with Gasteiger partial charge in [-0.1, -0.05) is 30.3 Å². The number of anilines is 1. The van der Waals surface area contributed by atoms with Crippen LogP contribution in [0.3, 0.4) is 0 Å². The molecule has 1 aromatic heterocycles. The van der Waals surface area contributed by atoms with Crippen LogP contribution in [0.1, 0.15) is 15.9 Å². The zero-order valence-corrected chi connectivity index (χ0v) is 15.2. The van der Waals surface area contributed by atoms with E-state index in [1.807, 2.05) is 48.5 Å². The Morgan fingerprint density at radius 2 is 1.63 bits per heavy atom. The van der Waals surface area contributed by atoms with Gasteiger partial charge in [0.25, 0.3) is 5.91 Å². The fourth-order valence-corrected chi connectivity index (χ4v) is 2.45. The van der Waals surface area contributed by atoms with Crippen molar-refractivity contribution in [2.75, 3.05) is 5.32 Å². The summed E-state index contributed by atoms with van der Waals surface area (Å²) in [4.78, 5) is 16.5. The minimum Gasteiger partial charge on any atom is -0.488 e. The number of thiocarbonyl (C=S) groups is 1. The van der Waals surface area contributed by atoms with Crippen molar-refractivity contribution in [2.45, 2.75) is 6.61 Å². The summed E-state index contributed by atoms with van der Waals surface area (Å²) in [5, 5.41) is 3.26. The molecule has 27 heavy (non-hydrogen) atoms. The van der Waals surface area contributed by atoms with Gasteiger partial charge in [-0.15, -0.1) is 0 Å². The summed E-state index contributed by atoms with van der Waals surface area (Å²) < 4.78 is 5.78. The summed E-state index contributed by atoms with van der Waals surface area (Å²) in [7, 11) is 0. The molecule has 0 fully saturated rings. The van der Waals surface area contributed by atoms with Crippen molar-refractivity contribution in [3.8, 4) is 5.75 Å². The molecule has 0 bridgehead atoms. The van der Waals surface area contributed by atoms with E-state index >= 15 is 0 Å². The molecule has 3 N–H and O–H groups in total. The van der Waals surface area contributed by atoms with Crippen LogP contribution < -0.4 is 20.9 Å². The highest BCUT2D eigenvalue weighted by Gasteiger charge is 2.12. The Kier molecular flexibility index (Phi) is 6.32. The van der Waals surface area contributed by atoms with E-state index in [4.69, 9.17) is 17.0 Å². The summed E-state index contributed by atoms with van der Waals surface area (Å²) in [6.07, 6.45) is 3.39. The van der Waals surface area contributed by atoms with Crippen LogP contribution in [0.25, 0.3) is 0 Å². The maximum Gasteiger partial charge on any atom is 0.273 e. The highest BCUT2D eigenvalue weighted by molar-refractivity contribution is 7.80. The summed E-state index contributed by atoms with van der Waals surface area (Å²) in [5.74, 6) is 0.132. The molecule has 6 nitrogen and oxygen atoms in total. The predicted octanol–water partition coefficient (Wildman–Crippen LogP) is 3.29. The van der Waals surface area contributed by atoms with Crippen LogP contribution in [0.2, 0.25) is 0 Å². The number of pyridine rings is 1. The first-order valence-corrected chi connectivity index (χ1v) is 8.66. The first-order chi connectivity index (χ1) is 13.2. The van der Waals surface area contributed by atoms with Gasteiger partial charge in [-0.2, -0.15) is 0 Å². The zero-order chi connectivity index (χ0) is 18.9. The van der Waals surface area contributed by atoms with Crippen LogP contribution in [0.5, 0.6) is 5.75 Å². The fourth-order valence-electron chi connectivity index (χ4n) is 2.28. The highest BCUT2D eigenvalue weighted by Crippen LogP contribution is 2.19. The van der Waals surface area contributed by atoms with E-state index in [-0.39, 0.29) is 11.0 Å². The number of amides is 1. The molecule has 0 aliphatic heterocycles. The summed E-state index contributed by atoms with van der Waals surface area (Å²) in [6, 6.07) is 20.2. The molecule has 2 aromatic carbocycles. The van der Waals surface area contributed by atoms with Crippen LogP contribution in [0.15, 0.2) is 79.1 Å². The van der Waals surface area contributed by atoms with Crippen molar-refractivity contribution in [3.05, 3.63) is 90.3 Å². The number of aromatic nitrogens is 1. The van der Waals surface area contributed by atoms with E-state index in [0.29, 0.717) is 17.9 Å². The average molecular weight is 378 g/mol. The summed E-state index contributed by atoms with van der Waals surface area (Å²) in [6.45, 7) is 0.341. The van der Waals surface area contributed by atoms with Crippen molar-refractivity contribution >= 4 is 28.9 Å². The minimum atomic E-state index is -0.349. The predicted molar refractivity (Wildman–Crippen MR) is 108 cm³/mol. The Hall–Kier alpha value is -3.45. The molecule has 0 aliphatic rings. The SMILES string of the molecule is O=C(NNC(=S)Nc1ccccc1)c1ccccc1OCc1ccncc1. The van der Waals surface area contributed by atoms with E-state index in [2.05, 4.69) is 21.2 Å². The Balaban J connectivity index is 1.57. The average Bonchev–Trinajstić information content (AvgIpc) is 2.72. The maximum absolute atomic E-state index is 12.5. The molecule has 0 radical (unpaired) electrons. The monoisotopic (exact) mass is 378 g/mol. The van der Waals surface area contributed by atoms with Crippen LogP contribution in [-0.4, -0.2) is 16.0 Å². The third-order valence-corrected chi connectivity index (χ3v) is 3.80. The van der Waals surface area contributed by atoms with Crippen LogP contribution in [0.4, 0.5) is 5.69 Å². The second-order valence-corrected chi connectivity index (χ2v) is 5.95. The van der Waals surface area contributed by atoms with Crippen molar-refractivity contribution in [1.29, 1.82) is 0 Å².